The molecule has 0 saturated carbocycles. The van der Waals surface area contributed by atoms with E-state index in [1.807, 2.05) is 0 Å². The number of fused-ring (bicyclic) bond motifs is 1. The Balaban J connectivity index is 2.16. The van der Waals surface area contributed by atoms with E-state index in [0.29, 0.717) is 21.6 Å². The van der Waals surface area contributed by atoms with Crippen LogP contribution in [-0.2, 0) is 13.0 Å². The zero-order valence-corrected chi connectivity index (χ0v) is 14.3. The Bertz CT molecular complexity index is 903. The minimum Gasteiger partial charge on any atom is -0.323 e. The SMILES string of the molecule is FC(F)(F)Cc1nc2cc(Cl)c(Cl)cc2n1Cc1ccccc1Cl. The van der Waals surface area contributed by atoms with Gasteiger partial charge in [-0.05, 0) is 23.8 Å². The normalized spacial score (nSPS) is 12.1. The Labute approximate surface area is 150 Å². The van der Waals surface area contributed by atoms with Crippen LogP contribution in [0.15, 0.2) is 36.4 Å². The highest BCUT2D eigenvalue weighted by molar-refractivity contribution is 6.42. The summed E-state index contributed by atoms with van der Waals surface area (Å²) < 4.78 is 40.1. The van der Waals surface area contributed by atoms with Gasteiger partial charge in [0.05, 0.1) is 27.6 Å². The zero-order valence-electron chi connectivity index (χ0n) is 12.0. The molecule has 24 heavy (non-hydrogen) atoms. The molecule has 1 heterocycles. The van der Waals surface area contributed by atoms with Crippen molar-refractivity contribution in [2.24, 2.45) is 0 Å². The molecular weight excluding hydrogens is 384 g/mol. The molecule has 0 atom stereocenters. The second-order valence-corrected chi connectivity index (χ2v) is 6.47. The van der Waals surface area contributed by atoms with Crippen molar-refractivity contribution in [3.8, 4) is 0 Å². The summed E-state index contributed by atoms with van der Waals surface area (Å²) in [5, 5.41) is 0.963. The first-order valence-corrected chi connectivity index (χ1v) is 8.02. The predicted molar refractivity (Wildman–Crippen MR) is 90.1 cm³/mol. The lowest BCUT2D eigenvalue weighted by Crippen LogP contribution is -2.16. The monoisotopic (exact) mass is 392 g/mol. The van der Waals surface area contributed by atoms with Crippen LogP contribution in [0.4, 0.5) is 13.2 Å². The molecule has 0 saturated heterocycles. The van der Waals surface area contributed by atoms with Crippen molar-refractivity contribution in [2.45, 2.75) is 19.1 Å². The number of benzene rings is 2. The standard InChI is InChI=1S/C16H10Cl3F3N2/c17-10-4-2-1-3-9(10)8-24-14-6-12(19)11(18)5-13(14)23-15(24)7-16(20,21)22/h1-6H,7-8H2. The molecule has 2 aromatic carbocycles. The van der Waals surface area contributed by atoms with Gasteiger partial charge < -0.3 is 4.57 Å². The first kappa shape index (κ1) is 17.4. The van der Waals surface area contributed by atoms with Crippen LogP contribution >= 0.6 is 34.8 Å². The van der Waals surface area contributed by atoms with E-state index in [9.17, 15) is 13.2 Å². The van der Waals surface area contributed by atoms with Gasteiger partial charge in [-0.1, -0.05) is 53.0 Å². The Kier molecular flexibility index (Phi) is 4.69. The molecule has 126 valence electrons. The van der Waals surface area contributed by atoms with Gasteiger partial charge >= 0.3 is 6.18 Å². The van der Waals surface area contributed by atoms with Crippen molar-refractivity contribution in [1.82, 2.24) is 9.55 Å². The van der Waals surface area contributed by atoms with Gasteiger partial charge in [0, 0.05) is 5.02 Å². The number of alkyl halides is 3. The second kappa shape index (κ2) is 6.47. The van der Waals surface area contributed by atoms with E-state index in [-0.39, 0.29) is 22.4 Å². The number of halogens is 6. The summed E-state index contributed by atoms with van der Waals surface area (Å²) in [5.74, 6) is -0.115. The molecule has 8 heteroatoms. The number of nitrogens with zero attached hydrogens (tertiary/aromatic N) is 2. The summed E-state index contributed by atoms with van der Waals surface area (Å²) in [5.41, 5.74) is 1.52. The Morgan fingerprint density at radius 2 is 1.62 bits per heavy atom. The highest BCUT2D eigenvalue weighted by atomic mass is 35.5. The predicted octanol–water partition coefficient (Wildman–Crippen LogP) is 6.15. The van der Waals surface area contributed by atoms with E-state index in [2.05, 4.69) is 4.98 Å². The Hall–Kier alpha value is -1.43. The van der Waals surface area contributed by atoms with Gasteiger partial charge in [0.15, 0.2) is 0 Å². The van der Waals surface area contributed by atoms with Crippen molar-refractivity contribution < 1.29 is 13.2 Å². The molecule has 1 aromatic heterocycles. The average Bonchev–Trinajstić information content (AvgIpc) is 2.77. The molecule has 0 fully saturated rings. The van der Waals surface area contributed by atoms with E-state index in [1.165, 1.54) is 16.7 Å². The maximum atomic E-state index is 12.9. The van der Waals surface area contributed by atoms with E-state index >= 15 is 0 Å². The Morgan fingerprint density at radius 1 is 0.958 bits per heavy atom. The van der Waals surface area contributed by atoms with E-state index in [1.54, 1.807) is 24.3 Å². The summed E-state index contributed by atoms with van der Waals surface area (Å²) in [6.45, 7) is 0.152. The van der Waals surface area contributed by atoms with Gasteiger partial charge in [-0.3, -0.25) is 0 Å². The summed E-state index contributed by atoms with van der Waals surface area (Å²) in [6, 6.07) is 9.94. The van der Waals surface area contributed by atoms with Gasteiger partial charge in [0.25, 0.3) is 0 Å². The first-order valence-electron chi connectivity index (χ1n) is 6.89. The molecule has 0 aliphatic carbocycles. The molecule has 3 aromatic rings. The molecule has 0 N–H and O–H groups in total. The van der Waals surface area contributed by atoms with Crippen LogP contribution in [0.5, 0.6) is 0 Å². The number of hydrogen-bond donors (Lipinski definition) is 0. The van der Waals surface area contributed by atoms with Crippen molar-refractivity contribution in [2.75, 3.05) is 0 Å². The van der Waals surface area contributed by atoms with E-state index in [4.69, 9.17) is 34.8 Å². The fourth-order valence-electron chi connectivity index (χ4n) is 2.46. The lowest BCUT2D eigenvalue weighted by atomic mass is 10.2. The molecule has 2 nitrogen and oxygen atoms in total. The molecule has 0 radical (unpaired) electrons. The van der Waals surface area contributed by atoms with Crippen molar-refractivity contribution in [1.29, 1.82) is 0 Å². The molecular formula is C16H10Cl3F3N2. The van der Waals surface area contributed by atoms with Gasteiger partial charge in [-0.2, -0.15) is 13.2 Å². The molecule has 3 rings (SSSR count). The van der Waals surface area contributed by atoms with Crippen LogP contribution in [0.25, 0.3) is 11.0 Å². The quantitative estimate of drug-likeness (QED) is 0.522. The van der Waals surface area contributed by atoms with Crippen LogP contribution in [0.3, 0.4) is 0 Å². The minimum absolute atomic E-state index is 0.115. The van der Waals surface area contributed by atoms with Gasteiger partial charge in [0.2, 0.25) is 0 Å². The molecule has 0 spiro atoms. The van der Waals surface area contributed by atoms with Crippen LogP contribution in [-0.4, -0.2) is 15.7 Å². The third-order valence-electron chi connectivity index (χ3n) is 3.51. The number of imidazole rings is 1. The van der Waals surface area contributed by atoms with E-state index in [0.717, 1.165) is 0 Å². The number of rotatable bonds is 3. The molecule has 0 unspecified atom stereocenters. The molecule has 0 aliphatic heterocycles. The summed E-state index contributed by atoms with van der Waals surface area (Å²) in [6.07, 6.45) is -5.53. The van der Waals surface area contributed by atoms with Crippen molar-refractivity contribution in [3.63, 3.8) is 0 Å². The highest BCUT2D eigenvalue weighted by Crippen LogP contribution is 2.31. The van der Waals surface area contributed by atoms with E-state index < -0.39 is 12.6 Å². The van der Waals surface area contributed by atoms with Crippen molar-refractivity contribution >= 4 is 45.8 Å². The van der Waals surface area contributed by atoms with Gasteiger partial charge in [-0.25, -0.2) is 4.98 Å². The number of aromatic nitrogens is 2. The third kappa shape index (κ3) is 3.63. The second-order valence-electron chi connectivity index (χ2n) is 5.25. The largest absolute Gasteiger partial charge is 0.396 e. The minimum atomic E-state index is -4.38. The molecule has 0 bridgehead atoms. The topological polar surface area (TPSA) is 17.8 Å². The number of hydrogen-bond acceptors (Lipinski definition) is 1. The maximum absolute atomic E-state index is 12.9. The maximum Gasteiger partial charge on any atom is 0.396 e. The van der Waals surface area contributed by atoms with Crippen molar-refractivity contribution in [3.05, 3.63) is 62.9 Å². The van der Waals surface area contributed by atoms with Crippen LogP contribution in [0, 0.1) is 0 Å². The molecule has 0 aliphatic rings. The summed E-state index contributed by atoms with van der Waals surface area (Å²) in [4.78, 5) is 4.08. The third-order valence-corrected chi connectivity index (χ3v) is 4.61. The van der Waals surface area contributed by atoms with Crippen LogP contribution < -0.4 is 0 Å². The average molecular weight is 394 g/mol. The van der Waals surface area contributed by atoms with Gasteiger partial charge in [-0.15, -0.1) is 0 Å². The van der Waals surface area contributed by atoms with Crippen LogP contribution in [0.1, 0.15) is 11.4 Å². The zero-order chi connectivity index (χ0) is 17.5. The smallest absolute Gasteiger partial charge is 0.323 e. The lowest BCUT2D eigenvalue weighted by molar-refractivity contribution is -0.128. The highest BCUT2D eigenvalue weighted by Gasteiger charge is 2.31. The molecule has 0 amide bonds. The first-order chi connectivity index (χ1) is 11.2. The Morgan fingerprint density at radius 3 is 2.29 bits per heavy atom. The summed E-state index contributed by atoms with van der Waals surface area (Å²) in [7, 11) is 0. The fourth-order valence-corrected chi connectivity index (χ4v) is 2.97. The lowest BCUT2D eigenvalue weighted by Gasteiger charge is -2.12. The summed E-state index contributed by atoms with van der Waals surface area (Å²) >= 11 is 18.1. The van der Waals surface area contributed by atoms with Crippen LogP contribution in [0.2, 0.25) is 15.1 Å². The van der Waals surface area contributed by atoms with Gasteiger partial charge in [0.1, 0.15) is 12.2 Å². The fraction of sp³-hybridized carbons (Fsp3) is 0.188.